The van der Waals surface area contributed by atoms with Gasteiger partial charge in [0.25, 0.3) is 5.91 Å². The van der Waals surface area contributed by atoms with Crippen molar-refractivity contribution in [1.29, 1.82) is 0 Å². The molecular weight excluding hydrogens is 362 g/mol. The molecule has 3 rings (SSSR count). The number of hydrogen-bond acceptors (Lipinski definition) is 6. The van der Waals surface area contributed by atoms with Crippen molar-refractivity contribution in [1.82, 2.24) is 20.0 Å². The number of aryl methyl sites for hydroxylation is 2. The second-order valence-electron chi connectivity index (χ2n) is 5.17. The molecule has 0 aliphatic heterocycles. The summed E-state index contributed by atoms with van der Waals surface area (Å²) in [5.74, 6) is -0.635. The van der Waals surface area contributed by atoms with Gasteiger partial charge in [0.1, 0.15) is 5.01 Å². The zero-order valence-corrected chi connectivity index (χ0v) is 15.1. The molecule has 0 unspecified atom stereocenters. The highest BCUT2D eigenvalue weighted by Crippen LogP contribution is 2.20. The highest BCUT2D eigenvalue weighted by molar-refractivity contribution is 7.15. The number of carbonyl (C=O) groups excluding carboxylic acids is 1. The van der Waals surface area contributed by atoms with Gasteiger partial charge in [0.05, 0.1) is 10.7 Å². The van der Waals surface area contributed by atoms with Crippen LogP contribution in [0.5, 0.6) is 0 Å². The number of halogens is 1. The largest absolute Gasteiger partial charge is 0.295 e. The minimum Gasteiger partial charge on any atom is -0.295 e. The number of nitrogens with zero attached hydrogens (tertiary/aromatic N) is 4. The fourth-order valence-corrected chi connectivity index (χ4v) is 3.07. The van der Waals surface area contributed by atoms with E-state index in [1.54, 1.807) is 31.2 Å². The fraction of sp³-hybridized carbons (Fsp3) is 0.188. The molecular formula is C16H14ClN5O2S. The summed E-state index contributed by atoms with van der Waals surface area (Å²) in [5, 5.41) is 16.1. The molecule has 0 atom stereocenters. The van der Waals surface area contributed by atoms with Crippen molar-refractivity contribution in [2.24, 2.45) is 0 Å². The Hall–Kier alpha value is -2.58. The monoisotopic (exact) mass is 375 g/mol. The van der Waals surface area contributed by atoms with Gasteiger partial charge in [-0.3, -0.25) is 14.9 Å². The number of anilines is 1. The van der Waals surface area contributed by atoms with E-state index in [1.165, 1.54) is 22.1 Å². The number of rotatable bonds is 4. The molecule has 1 amide bonds. The molecule has 7 nitrogen and oxygen atoms in total. The van der Waals surface area contributed by atoms with Gasteiger partial charge < -0.3 is 0 Å². The number of para-hydroxylation sites is 1. The lowest BCUT2D eigenvalue weighted by Crippen LogP contribution is -2.27. The Labute approximate surface area is 152 Å². The van der Waals surface area contributed by atoms with Gasteiger partial charge in [-0.1, -0.05) is 42.0 Å². The van der Waals surface area contributed by atoms with Crippen LogP contribution in [0, 0.1) is 6.92 Å². The number of aromatic nitrogens is 4. The van der Waals surface area contributed by atoms with E-state index >= 15 is 0 Å². The summed E-state index contributed by atoms with van der Waals surface area (Å²) < 4.78 is 1.47. The molecule has 0 radical (unpaired) electrons. The molecule has 128 valence electrons. The van der Waals surface area contributed by atoms with Gasteiger partial charge in [0.2, 0.25) is 10.6 Å². The van der Waals surface area contributed by atoms with Gasteiger partial charge in [-0.05, 0) is 25.5 Å². The first-order chi connectivity index (χ1) is 12.0. The molecule has 9 heteroatoms. The summed E-state index contributed by atoms with van der Waals surface area (Å²) in [6.45, 7) is 3.66. The predicted molar refractivity (Wildman–Crippen MR) is 96.8 cm³/mol. The van der Waals surface area contributed by atoms with E-state index in [0.717, 1.165) is 11.4 Å². The maximum Gasteiger partial charge on any atom is 0.282 e. The normalized spacial score (nSPS) is 10.7. The van der Waals surface area contributed by atoms with E-state index in [-0.39, 0.29) is 5.69 Å². The topological polar surface area (TPSA) is 89.8 Å². The highest BCUT2D eigenvalue weighted by Gasteiger charge is 2.18. The average molecular weight is 376 g/mol. The molecule has 2 aromatic heterocycles. The smallest absolute Gasteiger partial charge is 0.282 e. The quantitative estimate of drug-likeness (QED) is 0.757. The molecule has 0 fully saturated rings. The molecule has 3 aromatic rings. The van der Waals surface area contributed by atoms with Gasteiger partial charge in [-0.25, -0.2) is 4.68 Å². The zero-order valence-electron chi connectivity index (χ0n) is 13.5. The van der Waals surface area contributed by atoms with Gasteiger partial charge in [-0.15, -0.1) is 10.2 Å². The van der Waals surface area contributed by atoms with Crippen molar-refractivity contribution in [3.05, 3.63) is 62.0 Å². The Morgan fingerprint density at radius 3 is 2.76 bits per heavy atom. The summed E-state index contributed by atoms with van der Waals surface area (Å²) in [7, 11) is 0. The van der Waals surface area contributed by atoms with E-state index in [0.29, 0.717) is 21.5 Å². The van der Waals surface area contributed by atoms with Crippen LogP contribution in [-0.2, 0) is 6.42 Å². The molecule has 0 bridgehead atoms. The number of amides is 1. The lowest BCUT2D eigenvalue weighted by molar-refractivity contribution is 0.101. The maximum atomic E-state index is 12.4. The molecule has 0 aliphatic carbocycles. The van der Waals surface area contributed by atoms with E-state index in [4.69, 9.17) is 11.6 Å². The average Bonchev–Trinajstić information content (AvgIpc) is 3.03. The first-order valence-corrected chi connectivity index (χ1v) is 8.68. The Morgan fingerprint density at radius 2 is 2.08 bits per heavy atom. The Morgan fingerprint density at radius 1 is 1.32 bits per heavy atom. The molecule has 25 heavy (non-hydrogen) atoms. The summed E-state index contributed by atoms with van der Waals surface area (Å²) in [4.78, 5) is 24.6. The summed E-state index contributed by atoms with van der Waals surface area (Å²) >= 11 is 7.45. The van der Waals surface area contributed by atoms with Crippen LogP contribution in [0.1, 0.15) is 28.1 Å². The van der Waals surface area contributed by atoms with Crippen LogP contribution < -0.4 is 10.7 Å². The van der Waals surface area contributed by atoms with Crippen LogP contribution in [0.15, 0.2) is 35.1 Å². The number of hydrogen-bond donors (Lipinski definition) is 1. The first kappa shape index (κ1) is 17.2. The predicted octanol–water partition coefficient (Wildman–Crippen LogP) is 2.86. The Balaban J connectivity index is 1.99. The van der Waals surface area contributed by atoms with Crippen molar-refractivity contribution in [3.63, 3.8) is 0 Å². The van der Waals surface area contributed by atoms with Crippen LogP contribution in [0.2, 0.25) is 5.02 Å². The molecule has 2 heterocycles. The van der Waals surface area contributed by atoms with Crippen LogP contribution in [0.3, 0.4) is 0 Å². The van der Waals surface area contributed by atoms with Crippen LogP contribution >= 0.6 is 22.9 Å². The standard InChI is InChI=1S/C16H14ClN5O2S/c1-3-13-19-20-16(25-13)18-15(24)14-12(23)8-9(2)22(21-14)11-7-5-4-6-10(11)17/h4-8H,3H2,1-2H3,(H,18,20,24). The highest BCUT2D eigenvalue weighted by atomic mass is 35.5. The van der Waals surface area contributed by atoms with E-state index in [9.17, 15) is 9.59 Å². The Bertz CT molecular complexity index is 998. The summed E-state index contributed by atoms with van der Waals surface area (Å²) in [6.07, 6.45) is 0.718. The third-order valence-corrected chi connectivity index (χ3v) is 4.70. The number of nitrogens with one attached hydrogen (secondary N) is 1. The molecule has 1 aromatic carbocycles. The minimum atomic E-state index is -0.635. The second-order valence-corrected chi connectivity index (χ2v) is 6.64. The van der Waals surface area contributed by atoms with E-state index in [2.05, 4.69) is 20.6 Å². The molecule has 0 saturated carbocycles. The van der Waals surface area contributed by atoms with Crippen molar-refractivity contribution in [2.45, 2.75) is 20.3 Å². The minimum absolute atomic E-state index is 0.237. The molecule has 0 aliphatic rings. The zero-order chi connectivity index (χ0) is 18.0. The molecule has 1 N–H and O–H groups in total. The summed E-state index contributed by atoms with van der Waals surface area (Å²) in [5.41, 5.74) is 0.441. The van der Waals surface area contributed by atoms with Crippen molar-refractivity contribution in [2.75, 3.05) is 5.32 Å². The maximum absolute atomic E-state index is 12.4. The van der Waals surface area contributed by atoms with Gasteiger partial charge in [-0.2, -0.15) is 5.10 Å². The van der Waals surface area contributed by atoms with Crippen molar-refractivity contribution in [3.8, 4) is 5.69 Å². The fourth-order valence-electron chi connectivity index (χ4n) is 2.18. The number of benzene rings is 1. The van der Waals surface area contributed by atoms with Crippen molar-refractivity contribution < 1.29 is 4.79 Å². The lowest BCUT2D eigenvalue weighted by atomic mass is 10.2. The van der Waals surface area contributed by atoms with Crippen LogP contribution in [0.25, 0.3) is 5.69 Å². The second kappa shape index (κ2) is 7.12. The SMILES string of the molecule is CCc1nnc(NC(=O)c2nn(-c3ccccc3Cl)c(C)cc2=O)s1. The third kappa shape index (κ3) is 3.59. The van der Waals surface area contributed by atoms with E-state index < -0.39 is 11.3 Å². The molecule has 0 spiro atoms. The molecule has 0 saturated heterocycles. The van der Waals surface area contributed by atoms with Crippen LogP contribution in [-0.4, -0.2) is 25.9 Å². The number of carbonyl (C=O) groups is 1. The summed E-state index contributed by atoms with van der Waals surface area (Å²) in [6, 6.07) is 8.41. The lowest BCUT2D eigenvalue weighted by Gasteiger charge is -2.12. The third-order valence-electron chi connectivity index (χ3n) is 3.39. The first-order valence-electron chi connectivity index (χ1n) is 7.49. The Kier molecular flexibility index (Phi) is 4.91. The van der Waals surface area contributed by atoms with Crippen molar-refractivity contribution >= 4 is 34.0 Å². The van der Waals surface area contributed by atoms with Gasteiger partial charge >= 0.3 is 0 Å². The van der Waals surface area contributed by atoms with E-state index in [1.807, 2.05) is 6.92 Å². The van der Waals surface area contributed by atoms with Gasteiger partial charge in [0, 0.05) is 11.8 Å². The van der Waals surface area contributed by atoms with Gasteiger partial charge in [0.15, 0.2) is 5.69 Å². The van der Waals surface area contributed by atoms with Crippen LogP contribution in [0.4, 0.5) is 5.13 Å².